The molecule has 3 aliphatic rings. The third-order valence-corrected chi connectivity index (χ3v) is 6.82. The molecule has 1 aromatic carbocycles. The topological polar surface area (TPSA) is 84.3 Å². The SMILES string of the molecule is Cc1ncc(-c2ccc3c(c2)N(c2cncc(N4C5COC[C@@H]4C5)n2)C(=O)C3(C)C)cn1. The third-order valence-electron chi connectivity index (χ3n) is 6.82. The highest BCUT2D eigenvalue weighted by Gasteiger charge is 2.46. The van der Waals surface area contributed by atoms with E-state index in [2.05, 4.69) is 19.9 Å². The van der Waals surface area contributed by atoms with Gasteiger partial charge in [-0.05, 0) is 44.4 Å². The van der Waals surface area contributed by atoms with E-state index >= 15 is 0 Å². The Hall–Kier alpha value is -3.39. The molecule has 0 spiro atoms. The highest BCUT2D eigenvalue weighted by atomic mass is 16.5. The molecule has 0 saturated carbocycles. The van der Waals surface area contributed by atoms with Crippen LogP contribution in [0.2, 0.25) is 0 Å². The van der Waals surface area contributed by atoms with E-state index in [9.17, 15) is 4.79 Å². The summed E-state index contributed by atoms with van der Waals surface area (Å²) in [6.45, 7) is 7.19. The molecule has 2 bridgehead atoms. The van der Waals surface area contributed by atoms with Crippen LogP contribution in [-0.4, -0.2) is 51.1 Å². The molecule has 0 aliphatic carbocycles. The molecule has 162 valence electrons. The Morgan fingerprint density at radius 2 is 1.72 bits per heavy atom. The number of fused-ring (bicyclic) bond motifs is 3. The van der Waals surface area contributed by atoms with Crippen LogP contribution in [0, 0.1) is 6.92 Å². The van der Waals surface area contributed by atoms with Gasteiger partial charge in [-0.2, -0.15) is 0 Å². The number of carbonyl (C=O) groups excluding carboxylic acids is 1. The number of aryl methyl sites for hydroxylation is 1. The van der Waals surface area contributed by atoms with Gasteiger partial charge >= 0.3 is 0 Å². The van der Waals surface area contributed by atoms with Crippen molar-refractivity contribution in [1.82, 2.24) is 19.9 Å². The zero-order valence-corrected chi connectivity index (χ0v) is 18.3. The highest BCUT2D eigenvalue weighted by molar-refractivity contribution is 6.12. The monoisotopic (exact) mass is 428 g/mol. The van der Waals surface area contributed by atoms with Crippen molar-refractivity contribution >= 4 is 23.2 Å². The minimum absolute atomic E-state index is 0.0107. The third kappa shape index (κ3) is 2.75. The van der Waals surface area contributed by atoms with Gasteiger partial charge in [0.1, 0.15) is 11.6 Å². The summed E-state index contributed by atoms with van der Waals surface area (Å²) in [6.07, 6.45) is 8.18. The molecule has 8 nitrogen and oxygen atoms in total. The van der Waals surface area contributed by atoms with E-state index in [0.29, 0.717) is 31.1 Å². The second kappa shape index (κ2) is 6.80. The molecular formula is C24H24N6O2. The number of carbonyl (C=O) groups is 1. The quantitative estimate of drug-likeness (QED) is 0.633. The predicted octanol–water partition coefficient (Wildman–Crippen LogP) is 3.18. The number of hydrogen-bond donors (Lipinski definition) is 0. The van der Waals surface area contributed by atoms with Crippen molar-refractivity contribution in [2.45, 2.75) is 44.7 Å². The van der Waals surface area contributed by atoms with E-state index in [1.54, 1.807) is 29.7 Å². The summed E-state index contributed by atoms with van der Waals surface area (Å²) in [6, 6.07) is 6.75. The number of aromatic nitrogens is 4. The lowest BCUT2D eigenvalue weighted by Crippen LogP contribution is -2.64. The van der Waals surface area contributed by atoms with Gasteiger partial charge in [-0.25, -0.2) is 15.0 Å². The predicted molar refractivity (Wildman–Crippen MR) is 120 cm³/mol. The Morgan fingerprint density at radius 1 is 1.00 bits per heavy atom. The summed E-state index contributed by atoms with van der Waals surface area (Å²) in [5.41, 5.74) is 3.01. The molecule has 1 amide bonds. The van der Waals surface area contributed by atoms with Gasteiger partial charge in [0.25, 0.3) is 0 Å². The number of amides is 1. The number of hydrogen-bond acceptors (Lipinski definition) is 7. The first-order valence-corrected chi connectivity index (χ1v) is 10.9. The molecule has 0 radical (unpaired) electrons. The van der Waals surface area contributed by atoms with Gasteiger partial charge < -0.3 is 9.64 Å². The smallest absolute Gasteiger partial charge is 0.242 e. The Bertz CT molecular complexity index is 1210. The average Bonchev–Trinajstić information content (AvgIpc) is 3.00. The van der Waals surface area contributed by atoms with E-state index in [1.165, 1.54) is 0 Å². The molecule has 3 aliphatic heterocycles. The number of ether oxygens (including phenoxy) is 1. The fourth-order valence-electron chi connectivity index (χ4n) is 4.99. The normalized spacial score (nSPS) is 23.2. The second-order valence-corrected chi connectivity index (χ2v) is 9.24. The standard InChI is InChI=1S/C24H24N6O2/c1-14-26-8-16(9-27-14)15-4-5-19-20(6-15)30(23(31)24(19,2)3)22-11-25-10-21(28-22)29-17-7-18(29)13-32-12-17/h4-6,8-11,17-18H,7,12-13H2,1-3H3/t17-,18?/m0/s1. The van der Waals surface area contributed by atoms with Gasteiger partial charge in [0.05, 0.1) is 48.8 Å². The van der Waals surface area contributed by atoms with Gasteiger partial charge in [-0.15, -0.1) is 0 Å². The summed E-state index contributed by atoms with van der Waals surface area (Å²) < 4.78 is 5.60. The molecule has 2 atom stereocenters. The molecule has 5 heterocycles. The van der Waals surface area contributed by atoms with Crippen LogP contribution in [0.4, 0.5) is 17.3 Å². The van der Waals surface area contributed by atoms with E-state index in [0.717, 1.165) is 40.4 Å². The van der Waals surface area contributed by atoms with E-state index in [-0.39, 0.29) is 5.91 Å². The van der Waals surface area contributed by atoms with Gasteiger partial charge in [-0.1, -0.05) is 12.1 Å². The number of benzene rings is 1. The Kier molecular flexibility index (Phi) is 4.10. The lowest BCUT2D eigenvalue weighted by atomic mass is 9.85. The fourth-order valence-corrected chi connectivity index (χ4v) is 4.99. The van der Waals surface area contributed by atoms with Crippen molar-refractivity contribution in [2.75, 3.05) is 23.0 Å². The maximum atomic E-state index is 13.5. The maximum Gasteiger partial charge on any atom is 0.242 e. The zero-order valence-electron chi connectivity index (χ0n) is 18.3. The van der Waals surface area contributed by atoms with Crippen LogP contribution in [0.3, 0.4) is 0 Å². The molecule has 0 N–H and O–H groups in total. The van der Waals surface area contributed by atoms with Gasteiger partial charge in [0.15, 0.2) is 5.82 Å². The largest absolute Gasteiger partial charge is 0.377 e. The summed E-state index contributed by atoms with van der Waals surface area (Å²) in [4.78, 5) is 35.5. The highest BCUT2D eigenvalue weighted by Crippen LogP contribution is 2.46. The van der Waals surface area contributed by atoms with Crippen LogP contribution < -0.4 is 9.80 Å². The van der Waals surface area contributed by atoms with Crippen molar-refractivity contribution in [2.24, 2.45) is 0 Å². The van der Waals surface area contributed by atoms with Gasteiger partial charge in [-0.3, -0.25) is 14.7 Å². The van der Waals surface area contributed by atoms with E-state index in [4.69, 9.17) is 9.72 Å². The number of nitrogens with zero attached hydrogens (tertiary/aromatic N) is 6. The number of morpholine rings is 1. The van der Waals surface area contributed by atoms with Gasteiger partial charge in [0.2, 0.25) is 5.91 Å². The zero-order chi connectivity index (χ0) is 22.0. The molecule has 1 unspecified atom stereocenters. The maximum absolute atomic E-state index is 13.5. The van der Waals surface area contributed by atoms with Crippen LogP contribution in [0.15, 0.2) is 43.0 Å². The minimum Gasteiger partial charge on any atom is -0.377 e. The van der Waals surface area contributed by atoms with Crippen LogP contribution in [0.25, 0.3) is 11.1 Å². The first kappa shape index (κ1) is 19.3. The second-order valence-electron chi connectivity index (χ2n) is 9.24. The van der Waals surface area contributed by atoms with Crippen LogP contribution in [0.5, 0.6) is 0 Å². The van der Waals surface area contributed by atoms with E-state index in [1.807, 2.05) is 39.0 Å². The summed E-state index contributed by atoms with van der Waals surface area (Å²) in [5.74, 6) is 2.06. The molecule has 6 rings (SSSR count). The first-order chi connectivity index (χ1) is 15.4. The van der Waals surface area contributed by atoms with Crippen molar-refractivity contribution in [3.63, 3.8) is 0 Å². The minimum atomic E-state index is -0.656. The van der Waals surface area contributed by atoms with Crippen molar-refractivity contribution in [3.8, 4) is 11.1 Å². The lowest BCUT2D eigenvalue weighted by molar-refractivity contribution is -0.121. The molecular weight excluding hydrogens is 404 g/mol. The molecule has 2 fully saturated rings. The van der Waals surface area contributed by atoms with Crippen molar-refractivity contribution in [1.29, 1.82) is 0 Å². The molecule has 32 heavy (non-hydrogen) atoms. The Balaban J connectivity index is 1.43. The molecule has 3 aromatic rings. The van der Waals surface area contributed by atoms with Crippen LogP contribution in [-0.2, 0) is 14.9 Å². The summed E-state index contributed by atoms with van der Waals surface area (Å²) >= 11 is 0. The summed E-state index contributed by atoms with van der Waals surface area (Å²) in [5, 5.41) is 0. The lowest BCUT2D eigenvalue weighted by Gasteiger charge is -2.52. The average molecular weight is 428 g/mol. The van der Waals surface area contributed by atoms with Gasteiger partial charge in [0, 0.05) is 18.0 Å². The van der Waals surface area contributed by atoms with Crippen LogP contribution in [0.1, 0.15) is 31.7 Å². The van der Waals surface area contributed by atoms with Crippen LogP contribution >= 0.6 is 0 Å². The molecule has 2 saturated heterocycles. The van der Waals surface area contributed by atoms with Crippen molar-refractivity contribution < 1.29 is 9.53 Å². The first-order valence-electron chi connectivity index (χ1n) is 10.9. The summed E-state index contributed by atoms with van der Waals surface area (Å²) in [7, 11) is 0. The van der Waals surface area contributed by atoms with E-state index < -0.39 is 5.41 Å². The number of anilines is 3. The fraction of sp³-hybridized carbons (Fsp3) is 0.375. The number of rotatable bonds is 3. The Labute approximate surface area is 186 Å². The molecule has 2 aromatic heterocycles. The Morgan fingerprint density at radius 3 is 2.44 bits per heavy atom. The van der Waals surface area contributed by atoms with Crippen molar-refractivity contribution in [3.05, 3.63) is 54.4 Å². The molecule has 8 heteroatoms.